The quantitative estimate of drug-likeness (QED) is 0.734. The molecule has 0 saturated heterocycles. The van der Waals surface area contributed by atoms with Crippen LogP contribution in [0.5, 0.6) is 0 Å². The zero-order valence-corrected chi connectivity index (χ0v) is 14.0. The van der Waals surface area contributed by atoms with Gasteiger partial charge in [0.25, 0.3) is 5.91 Å². The number of carbonyl (C=O) groups excluding carboxylic acids is 1. The summed E-state index contributed by atoms with van der Waals surface area (Å²) in [5.41, 5.74) is 2.00. The van der Waals surface area contributed by atoms with Crippen molar-refractivity contribution in [2.45, 2.75) is 50.4 Å². The van der Waals surface area contributed by atoms with Crippen LogP contribution in [0.2, 0.25) is 0 Å². The van der Waals surface area contributed by atoms with E-state index in [0.29, 0.717) is 6.04 Å². The van der Waals surface area contributed by atoms with Gasteiger partial charge in [0.05, 0.1) is 0 Å². The Morgan fingerprint density at radius 1 is 1.20 bits per heavy atom. The summed E-state index contributed by atoms with van der Waals surface area (Å²) in [6.45, 7) is 2.27. The molecule has 0 unspecified atom stereocenters. The first-order valence-electron chi connectivity index (χ1n) is 7.57. The van der Waals surface area contributed by atoms with Crippen molar-refractivity contribution in [1.29, 1.82) is 0 Å². The second-order valence-corrected chi connectivity index (χ2v) is 6.39. The Morgan fingerprint density at radius 2 is 1.80 bits per heavy atom. The lowest BCUT2D eigenvalue weighted by molar-refractivity contribution is 0.0674. The van der Waals surface area contributed by atoms with Gasteiger partial charge in [-0.25, -0.2) is 0 Å². The third kappa shape index (κ3) is 3.63. The van der Waals surface area contributed by atoms with Crippen molar-refractivity contribution < 1.29 is 4.79 Å². The minimum atomic E-state index is 0.158. The van der Waals surface area contributed by atoms with Gasteiger partial charge in [0.1, 0.15) is 0 Å². The normalized spacial score (nSPS) is 22.6. The summed E-state index contributed by atoms with van der Waals surface area (Å²) in [5, 5.41) is 0.832. The number of nitrogens with zero attached hydrogens (tertiary/aromatic N) is 1. The van der Waals surface area contributed by atoms with Crippen LogP contribution >= 0.6 is 15.9 Å². The third-order valence-corrected chi connectivity index (χ3v) is 5.26. The molecule has 0 N–H and O–H groups in total. The summed E-state index contributed by atoms with van der Waals surface area (Å²) in [4.78, 5) is 14.5. The Morgan fingerprint density at radius 3 is 2.30 bits per heavy atom. The van der Waals surface area contributed by atoms with E-state index in [2.05, 4.69) is 22.9 Å². The monoisotopic (exact) mass is 337 g/mol. The van der Waals surface area contributed by atoms with Gasteiger partial charge >= 0.3 is 0 Å². The van der Waals surface area contributed by atoms with Crippen molar-refractivity contribution >= 4 is 21.8 Å². The number of benzene rings is 1. The highest BCUT2D eigenvalue weighted by Crippen LogP contribution is 2.29. The summed E-state index contributed by atoms with van der Waals surface area (Å²) in [6.07, 6.45) is 6.11. The van der Waals surface area contributed by atoms with Crippen molar-refractivity contribution in [1.82, 2.24) is 4.90 Å². The molecule has 1 aromatic carbocycles. The molecule has 1 aliphatic rings. The molecule has 20 heavy (non-hydrogen) atoms. The molecule has 1 aromatic rings. The van der Waals surface area contributed by atoms with Crippen LogP contribution in [0.25, 0.3) is 0 Å². The van der Waals surface area contributed by atoms with Gasteiger partial charge in [0.15, 0.2) is 0 Å². The Kier molecular flexibility index (Phi) is 5.64. The molecule has 0 aliphatic heterocycles. The SMILES string of the molecule is CCC1CCC(N(C)C(=O)c2ccc(CBr)cc2)CC1. The second kappa shape index (κ2) is 7.26. The zero-order chi connectivity index (χ0) is 14.5. The minimum absolute atomic E-state index is 0.158. The van der Waals surface area contributed by atoms with Gasteiger partial charge in [-0.1, -0.05) is 41.4 Å². The fraction of sp³-hybridized carbons (Fsp3) is 0.588. The molecule has 0 aromatic heterocycles. The van der Waals surface area contributed by atoms with Gasteiger partial charge < -0.3 is 4.90 Å². The Bertz CT molecular complexity index is 435. The maximum atomic E-state index is 12.5. The molecule has 2 rings (SSSR count). The van der Waals surface area contributed by atoms with Gasteiger partial charge in [0, 0.05) is 24.0 Å². The summed E-state index contributed by atoms with van der Waals surface area (Å²) >= 11 is 3.43. The van der Waals surface area contributed by atoms with Crippen LogP contribution in [-0.2, 0) is 5.33 Å². The number of carbonyl (C=O) groups is 1. The summed E-state index contributed by atoms with van der Waals surface area (Å²) in [6, 6.07) is 8.33. The highest BCUT2D eigenvalue weighted by molar-refractivity contribution is 9.08. The Balaban J connectivity index is 1.97. The highest BCUT2D eigenvalue weighted by Gasteiger charge is 2.26. The Labute approximate surface area is 130 Å². The molecule has 0 bridgehead atoms. The predicted octanol–water partition coefficient (Wildman–Crippen LogP) is 4.62. The van der Waals surface area contributed by atoms with E-state index in [1.54, 1.807) is 0 Å². The van der Waals surface area contributed by atoms with Crippen LogP contribution in [0.4, 0.5) is 0 Å². The van der Waals surface area contributed by atoms with E-state index in [4.69, 9.17) is 0 Å². The molecule has 1 aliphatic carbocycles. The first kappa shape index (κ1) is 15.6. The largest absolute Gasteiger partial charge is 0.339 e. The van der Waals surface area contributed by atoms with Crippen molar-refractivity contribution in [2.24, 2.45) is 5.92 Å². The van der Waals surface area contributed by atoms with Crippen LogP contribution in [-0.4, -0.2) is 23.9 Å². The lowest BCUT2D eigenvalue weighted by Gasteiger charge is -2.34. The van der Waals surface area contributed by atoms with Crippen molar-refractivity contribution in [3.8, 4) is 0 Å². The summed E-state index contributed by atoms with van der Waals surface area (Å²) < 4.78 is 0. The van der Waals surface area contributed by atoms with Crippen LogP contribution < -0.4 is 0 Å². The second-order valence-electron chi connectivity index (χ2n) is 5.83. The average molecular weight is 338 g/mol. The van der Waals surface area contributed by atoms with Crippen molar-refractivity contribution in [3.63, 3.8) is 0 Å². The van der Waals surface area contributed by atoms with Gasteiger partial charge in [-0.05, 0) is 49.3 Å². The predicted molar refractivity (Wildman–Crippen MR) is 87.2 cm³/mol. The molecule has 110 valence electrons. The smallest absolute Gasteiger partial charge is 0.253 e. The topological polar surface area (TPSA) is 20.3 Å². The van der Waals surface area contributed by atoms with Crippen molar-refractivity contribution in [2.75, 3.05) is 7.05 Å². The molecule has 1 saturated carbocycles. The highest BCUT2D eigenvalue weighted by atomic mass is 79.9. The van der Waals surface area contributed by atoms with E-state index < -0.39 is 0 Å². The van der Waals surface area contributed by atoms with Crippen LogP contribution in [0.3, 0.4) is 0 Å². The average Bonchev–Trinajstić information content (AvgIpc) is 2.53. The van der Waals surface area contributed by atoms with Gasteiger partial charge in [-0.15, -0.1) is 0 Å². The molecule has 3 heteroatoms. The van der Waals surface area contributed by atoms with Crippen LogP contribution in [0, 0.1) is 5.92 Å². The van der Waals surface area contributed by atoms with Gasteiger partial charge in [0.2, 0.25) is 0 Å². The van der Waals surface area contributed by atoms with E-state index in [-0.39, 0.29) is 5.91 Å². The molecule has 1 amide bonds. The first-order valence-corrected chi connectivity index (χ1v) is 8.70. The molecular formula is C17H24BrNO. The van der Waals surface area contributed by atoms with E-state index in [1.807, 2.05) is 36.2 Å². The zero-order valence-electron chi connectivity index (χ0n) is 12.4. The number of halogens is 1. The molecule has 2 nitrogen and oxygen atoms in total. The Hall–Kier alpha value is -0.830. The van der Waals surface area contributed by atoms with E-state index in [0.717, 1.165) is 29.7 Å². The maximum absolute atomic E-state index is 12.5. The van der Waals surface area contributed by atoms with Crippen LogP contribution in [0.1, 0.15) is 54.9 Å². The number of amides is 1. The maximum Gasteiger partial charge on any atom is 0.253 e. The van der Waals surface area contributed by atoms with Gasteiger partial charge in [-0.2, -0.15) is 0 Å². The van der Waals surface area contributed by atoms with E-state index in [1.165, 1.54) is 24.8 Å². The first-order chi connectivity index (χ1) is 9.65. The van der Waals surface area contributed by atoms with E-state index in [9.17, 15) is 4.79 Å². The summed E-state index contributed by atoms with van der Waals surface area (Å²) in [5.74, 6) is 1.03. The summed E-state index contributed by atoms with van der Waals surface area (Å²) in [7, 11) is 1.96. The lowest BCUT2D eigenvalue weighted by atomic mass is 9.84. The lowest BCUT2D eigenvalue weighted by Crippen LogP contribution is -2.39. The minimum Gasteiger partial charge on any atom is -0.339 e. The number of hydrogen-bond acceptors (Lipinski definition) is 1. The van der Waals surface area contributed by atoms with E-state index >= 15 is 0 Å². The van der Waals surface area contributed by atoms with Crippen LogP contribution in [0.15, 0.2) is 24.3 Å². The molecule has 1 fully saturated rings. The third-order valence-electron chi connectivity index (χ3n) is 4.62. The fourth-order valence-electron chi connectivity index (χ4n) is 3.05. The number of rotatable bonds is 4. The standard InChI is InChI=1S/C17H24BrNO/c1-3-13-6-10-16(11-7-13)19(2)17(20)15-8-4-14(12-18)5-9-15/h4-5,8-9,13,16H,3,6-7,10-12H2,1-2H3. The van der Waals surface area contributed by atoms with Crippen molar-refractivity contribution in [3.05, 3.63) is 35.4 Å². The molecule has 0 atom stereocenters. The molecular weight excluding hydrogens is 314 g/mol. The molecule has 0 heterocycles. The molecule has 0 spiro atoms. The number of hydrogen-bond donors (Lipinski definition) is 0. The molecule has 0 radical (unpaired) electrons. The van der Waals surface area contributed by atoms with Gasteiger partial charge in [-0.3, -0.25) is 4.79 Å². The number of alkyl halides is 1. The fourth-order valence-corrected chi connectivity index (χ4v) is 3.42.